The molecule has 0 spiro atoms. The number of halogens is 1. The van der Waals surface area contributed by atoms with E-state index < -0.39 is 15.9 Å². The summed E-state index contributed by atoms with van der Waals surface area (Å²) in [7, 11) is -2.25. The highest BCUT2D eigenvalue weighted by Crippen LogP contribution is 2.29. The number of rotatable bonds is 6. The van der Waals surface area contributed by atoms with Crippen molar-refractivity contribution >= 4 is 33.2 Å². The molecule has 2 aromatic rings. The summed E-state index contributed by atoms with van der Waals surface area (Å²) in [5, 5.41) is 3.15. The maximum absolute atomic E-state index is 12.9. The molecule has 1 fully saturated rings. The van der Waals surface area contributed by atoms with E-state index in [1.807, 2.05) is 0 Å². The van der Waals surface area contributed by atoms with Crippen molar-refractivity contribution in [1.82, 2.24) is 4.72 Å². The third-order valence-electron chi connectivity index (χ3n) is 4.99. The van der Waals surface area contributed by atoms with Crippen LogP contribution in [0.3, 0.4) is 0 Å². The minimum absolute atomic E-state index is 0.0610. The van der Waals surface area contributed by atoms with Gasteiger partial charge in [0, 0.05) is 16.6 Å². The third kappa shape index (κ3) is 5.72. The summed E-state index contributed by atoms with van der Waals surface area (Å²) < 4.78 is 33.9. The van der Waals surface area contributed by atoms with Crippen molar-refractivity contribution in [2.75, 3.05) is 12.4 Å². The van der Waals surface area contributed by atoms with E-state index in [2.05, 4.69) is 10.0 Å². The summed E-state index contributed by atoms with van der Waals surface area (Å²) in [4.78, 5) is 12.6. The average molecular weight is 437 g/mol. The van der Waals surface area contributed by atoms with Crippen LogP contribution >= 0.6 is 11.6 Å². The molecule has 2 aromatic carbocycles. The van der Waals surface area contributed by atoms with Crippen molar-refractivity contribution in [3.63, 3.8) is 0 Å². The fourth-order valence-electron chi connectivity index (χ4n) is 3.46. The van der Waals surface area contributed by atoms with Crippen LogP contribution in [0, 0.1) is 0 Å². The molecule has 0 heterocycles. The van der Waals surface area contributed by atoms with E-state index in [9.17, 15) is 13.2 Å². The van der Waals surface area contributed by atoms with Gasteiger partial charge in [-0.2, -0.15) is 0 Å². The maximum Gasteiger partial charge on any atom is 0.255 e. The molecule has 156 valence electrons. The van der Waals surface area contributed by atoms with Crippen molar-refractivity contribution in [2.24, 2.45) is 0 Å². The van der Waals surface area contributed by atoms with E-state index in [1.54, 1.807) is 18.2 Å². The highest BCUT2D eigenvalue weighted by molar-refractivity contribution is 7.89. The molecule has 1 aliphatic carbocycles. The van der Waals surface area contributed by atoms with E-state index in [-0.39, 0.29) is 16.6 Å². The Morgan fingerprint density at radius 2 is 1.79 bits per heavy atom. The molecule has 2 N–H and O–H groups in total. The second-order valence-electron chi connectivity index (χ2n) is 7.14. The van der Waals surface area contributed by atoms with Crippen molar-refractivity contribution in [3.05, 3.63) is 53.1 Å². The summed E-state index contributed by atoms with van der Waals surface area (Å²) in [6.45, 7) is 0. The number of nitrogens with one attached hydrogen (secondary N) is 2. The molecular weight excluding hydrogens is 412 g/mol. The Morgan fingerprint density at radius 3 is 2.45 bits per heavy atom. The van der Waals surface area contributed by atoms with Crippen LogP contribution in [-0.4, -0.2) is 27.5 Å². The Morgan fingerprint density at radius 1 is 1.07 bits per heavy atom. The molecule has 8 heteroatoms. The lowest BCUT2D eigenvalue weighted by molar-refractivity contribution is 0.102. The molecule has 0 saturated heterocycles. The van der Waals surface area contributed by atoms with Crippen molar-refractivity contribution in [3.8, 4) is 5.75 Å². The average Bonchev–Trinajstić information content (AvgIpc) is 2.96. The second kappa shape index (κ2) is 9.61. The zero-order valence-electron chi connectivity index (χ0n) is 16.3. The molecule has 3 rings (SSSR count). The van der Waals surface area contributed by atoms with Crippen molar-refractivity contribution in [2.45, 2.75) is 49.5 Å². The summed E-state index contributed by atoms with van der Waals surface area (Å²) >= 11 is 5.95. The number of hydrogen-bond acceptors (Lipinski definition) is 4. The van der Waals surface area contributed by atoms with Crippen molar-refractivity contribution < 1.29 is 17.9 Å². The van der Waals surface area contributed by atoms with Gasteiger partial charge in [0.2, 0.25) is 10.0 Å². The van der Waals surface area contributed by atoms with Crippen LogP contribution in [-0.2, 0) is 10.0 Å². The summed E-state index contributed by atoms with van der Waals surface area (Å²) in [5.74, 6) is -0.0362. The van der Waals surface area contributed by atoms with Crippen LogP contribution in [0.5, 0.6) is 5.75 Å². The lowest BCUT2D eigenvalue weighted by Gasteiger charge is -2.17. The van der Waals surface area contributed by atoms with Gasteiger partial charge in [-0.15, -0.1) is 0 Å². The summed E-state index contributed by atoms with van der Waals surface area (Å²) in [5.41, 5.74) is 0.644. The number of anilines is 1. The predicted octanol–water partition coefficient (Wildman–Crippen LogP) is 4.60. The van der Waals surface area contributed by atoms with Gasteiger partial charge in [-0.05, 0) is 49.2 Å². The molecule has 0 unspecified atom stereocenters. The molecule has 0 radical (unpaired) electrons. The normalized spacial score (nSPS) is 15.5. The monoisotopic (exact) mass is 436 g/mol. The van der Waals surface area contributed by atoms with E-state index >= 15 is 0 Å². The molecule has 1 aliphatic rings. The van der Waals surface area contributed by atoms with Gasteiger partial charge >= 0.3 is 0 Å². The third-order valence-corrected chi connectivity index (χ3v) is 6.75. The number of benzene rings is 2. The van der Waals surface area contributed by atoms with Gasteiger partial charge in [-0.25, -0.2) is 13.1 Å². The summed E-state index contributed by atoms with van der Waals surface area (Å²) in [6, 6.07) is 10.9. The highest BCUT2D eigenvalue weighted by Gasteiger charge is 2.23. The van der Waals surface area contributed by atoms with Gasteiger partial charge in [0.05, 0.1) is 17.7 Å². The first-order valence-corrected chi connectivity index (χ1v) is 11.5. The van der Waals surface area contributed by atoms with Crippen LogP contribution < -0.4 is 14.8 Å². The lowest BCUT2D eigenvalue weighted by Crippen LogP contribution is -2.34. The second-order valence-corrected chi connectivity index (χ2v) is 9.29. The van der Waals surface area contributed by atoms with E-state index in [1.165, 1.54) is 31.4 Å². The first-order chi connectivity index (χ1) is 13.9. The van der Waals surface area contributed by atoms with E-state index in [4.69, 9.17) is 16.3 Å². The SMILES string of the molecule is COc1ccc(S(=O)(=O)NC2CCCCCC2)cc1NC(=O)c1cccc(Cl)c1. The van der Waals surface area contributed by atoms with Gasteiger partial charge in [-0.1, -0.05) is 43.4 Å². The molecule has 6 nitrogen and oxygen atoms in total. The Bertz CT molecular complexity index is 970. The molecule has 0 bridgehead atoms. The van der Waals surface area contributed by atoms with E-state index in [0.29, 0.717) is 16.3 Å². The van der Waals surface area contributed by atoms with Gasteiger partial charge in [-0.3, -0.25) is 4.79 Å². The molecule has 29 heavy (non-hydrogen) atoms. The summed E-state index contributed by atoms with van der Waals surface area (Å²) in [6.07, 6.45) is 6.01. The molecule has 1 amide bonds. The number of carbonyl (C=O) groups excluding carboxylic acids is 1. The number of sulfonamides is 1. The van der Waals surface area contributed by atoms with E-state index in [0.717, 1.165) is 38.5 Å². The number of carbonyl (C=O) groups is 1. The van der Waals surface area contributed by atoms with Crippen molar-refractivity contribution in [1.29, 1.82) is 0 Å². The molecule has 0 atom stereocenters. The Balaban J connectivity index is 1.83. The van der Waals surface area contributed by atoms with Gasteiger partial charge in [0.1, 0.15) is 5.75 Å². The molecular formula is C21H25ClN2O4S. The Kier molecular flexibility index (Phi) is 7.16. The van der Waals surface area contributed by atoms with Gasteiger partial charge < -0.3 is 10.1 Å². The van der Waals surface area contributed by atoms with Gasteiger partial charge in [0.15, 0.2) is 0 Å². The van der Waals surface area contributed by atoms with Crippen LogP contribution in [0.4, 0.5) is 5.69 Å². The van der Waals surface area contributed by atoms with Crippen LogP contribution in [0.2, 0.25) is 5.02 Å². The maximum atomic E-state index is 12.9. The standard InChI is InChI=1S/C21H25ClN2O4S/c1-28-20-12-11-18(29(26,27)24-17-9-4-2-3-5-10-17)14-19(20)23-21(25)15-7-6-8-16(22)13-15/h6-8,11-14,17,24H,2-5,9-10H2,1H3,(H,23,25). The number of amides is 1. The minimum Gasteiger partial charge on any atom is -0.495 e. The number of hydrogen-bond donors (Lipinski definition) is 2. The number of ether oxygens (including phenoxy) is 1. The fraction of sp³-hybridized carbons (Fsp3) is 0.381. The fourth-order valence-corrected chi connectivity index (χ4v) is 4.98. The smallest absolute Gasteiger partial charge is 0.255 e. The first kappa shape index (κ1) is 21.6. The largest absolute Gasteiger partial charge is 0.495 e. The Labute approximate surface area is 176 Å². The minimum atomic E-state index is -3.71. The topological polar surface area (TPSA) is 84.5 Å². The zero-order valence-corrected chi connectivity index (χ0v) is 17.9. The Hall–Kier alpha value is -2.09. The first-order valence-electron chi connectivity index (χ1n) is 9.66. The van der Waals surface area contributed by atoms with Crippen LogP contribution in [0.15, 0.2) is 47.4 Å². The highest BCUT2D eigenvalue weighted by atomic mass is 35.5. The quantitative estimate of drug-likeness (QED) is 0.648. The molecule has 0 aliphatic heterocycles. The lowest BCUT2D eigenvalue weighted by atomic mass is 10.1. The van der Waals surface area contributed by atoms with Crippen LogP contribution in [0.25, 0.3) is 0 Å². The van der Waals surface area contributed by atoms with Gasteiger partial charge in [0.25, 0.3) is 5.91 Å². The van der Waals surface area contributed by atoms with Crippen LogP contribution in [0.1, 0.15) is 48.9 Å². The predicted molar refractivity (Wildman–Crippen MR) is 114 cm³/mol. The molecule has 0 aromatic heterocycles. The molecule has 1 saturated carbocycles. The number of methoxy groups -OCH3 is 1. The zero-order chi connectivity index (χ0) is 20.9.